The monoisotopic (exact) mass is 312 g/mol. The van der Waals surface area contributed by atoms with Crippen LogP contribution in [0.4, 0.5) is 0 Å². The highest BCUT2D eigenvalue weighted by Gasteiger charge is 2.15. The van der Waals surface area contributed by atoms with Crippen LogP contribution in [0.5, 0.6) is 11.5 Å². The van der Waals surface area contributed by atoms with Crippen LogP contribution in [0.3, 0.4) is 0 Å². The molecule has 0 aliphatic rings. The van der Waals surface area contributed by atoms with E-state index in [1.807, 2.05) is 42.8 Å². The summed E-state index contributed by atoms with van der Waals surface area (Å²) in [5.41, 5.74) is 1.35. The summed E-state index contributed by atoms with van der Waals surface area (Å²) in [5.74, 6) is 0.244. The molecule has 23 heavy (non-hydrogen) atoms. The Hall–Kier alpha value is -2.53. The van der Waals surface area contributed by atoms with Crippen LogP contribution < -0.4 is 15.5 Å². The molecule has 0 fully saturated rings. The largest absolute Gasteiger partial charge is 0.504 e. The van der Waals surface area contributed by atoms with Gasteiger partial charge >= 0.3 is 0 Å². The summed E-state index contributed by atoms with van der Waals surface area (Å²) in [4.78, 5) is 12.7. The maximum Gasteiger partial charge on any atom is 0.201 e. The quantitative estimate of drug-likeness (QED) is 0.561. The number of para-hydroxylation sites is 1. The molecule has 5 heteroatoms. The molecule has 0 aliphatic heterocycles. The van der Waals surface area contributed by atoms with Gasteiger partial charge in [0.05, 0.1) is 16.4 Å². The van der Waals surface area contributed by atoms with Crippen LogP contribution in [0.25, 0.3) is 21.8 Å². The van der Waals surface area contributed by atoms with Crippen LogP contribution in [0.1, 0.15) is 6.92 Å². The summed E-state index contributed by atoms with van der Waals surface area (Å²) >= 11 is 0. The Balaban J connectivity index is 2.15. The molecular weight excluding hydrogens is 292 g/mol. The first-order chi connectivity index (χ1) is 11.1. The molecule has 1 aromatic heterocycles. The summed E-state index contributed by atoms with van der Waals surface area (Å²) in [6.07, 6.45) is 0. The Morgan fingerprint density at radius 2 is 1.96 bits per heavy atom. The highest BCUT2D eigenvalue weighted by Crippen LogP contribution is 2.33. The molecule has 2 N–H and O–H groups in total. The number of aromatic hydroxyl groups is 1. The second-order valence-corrected chi connectivity index (χ2v) is 5.41. The minimum atomic E-state index is -0.177. The zero-order valence-corrected chi connectivity index (χ0v) is 13.3. The molecule has 0 saturated heterocycles. The molecule has 120 valence electrons. The van der Waals surface area contributed by atoms with Crippen molar-refractivity contribution >= 4 is 21.8 Å². The number of hydrogen-bond donors (Lipinski definition) is 2. The number of aryl methyl sites for hydroxylation is 1. The first kappa shape index (κ1) is 15.4. The fourth-order valence-corrected chi connectivity index (χ4v) is 2.81. The van der Waals surface area contributed by atoms with Gasteiger partial charge in [-0.3, -0.25) is 4.79 Å². The second kappa shape index (κ2) is 6.30. The lowest BCUT2D eigenvalue weighted by atomic mass is 10.1. The van der Waals surface area contributed by atoms with E-state index in [4.69, 9.17) is 4.74 Å². The highest BCUT2D eigenvalue weighted by molar-refractivity contribution is 5.97. The van der Waals surface area contributed by atoms with Crippen LogP contribution in [-0.2, 0) is 7.05 Å². The number of nitrogens with zero attached hydrogens (tertiary/aromatic N) is 1. The third-order valence-electron chi connectivity index (χ3n) is 4.00. The lowest BCUT2D eigenvalue weighted by Crippen LogP contribution is -2.20. The SMILES string of the molecule is CCNCCOc1ccc2c(c1O)c(=O)c1ccccc1n2C. The standard InChI is InChI=1S/C18H20N2O3/c1-3-19-10-11-23-15-9-8-14-16(18(15)22)17(21)12-6-4-5-7-13(12)20(14)2/h4-9,19,22H,3,10-11H2,1-2H3. The van der Waals surface area contributed by atoms with Crippen LogP contribution in [0.2, 0.25) is 0 Å². The Morgan fingerprint density at radius 3 is 2.74 bits per heavy atom. The van der Waals surface area contributed by atoms with Crippen LogP contribution in [0, 0.1) is 0 Å². The maximum absolute atomic E-state index is 12.7. The van der Waals surface area contributed by atoms with Crippen molar-refractivity contribution in [3.63, 3.8) is 0 Å². The number of likely N-dealkylation sites (N-methyl/N-ethyl adjacent to an activating group) is 1. The molecule has 3 rings (SSSR count). The van der Waals surface area contributed by atoms with Crippen LogP contribution in [0.15, 0.2) is 41.2 Å². The topological polar surface area (TPSA) is 63.5 Å². The fourth-order valence-electron chi connectivity index (χ4n) is 2.81. The summed E-state index contributed by atoms with van der Waals surface area (Å²) in [6.45, 7) is 3.99. The Labute approximate surface area is 134 Å². The number of ether oxygens (including phenoxy) is 1. The number of pyridine rings is 1. The molecule has 0 aliphatic carbocycles. The Kier molecular flexibility index (Phi) is 4.21. The van der Waals surface area contributed by atoms with Crippen molar-refractivity contribution in [2.45, 2.75) is 6.92 Å². The molecule has 0 atom stereocenters. The first-order valence-corrected chi connectivity index (χ1v) is 7.72. The van der Waals surface area contributed by atoms with Gasteiger partial charge in [0, 0.05) is 19.0 Å². The van der Waals surface area contributed by atoms with E-state index in [9.17, 15) is 9.90 Å². The molecule has 3 aromatic rings. The zero-order chi connectivity index (χ0) is 16.4. The van der Waals surface area contributed by atoms with Gasteiger partial charge in [-0.15, -0.1) is 0 Å². The van der Waals surface area contributed by atoms with Crippen molar-refractivity contribution in [2.75, 3.05) is 19.7 Å². The van der Waals surface area contributed by atoms with Crippen molar-refractivity contribution in [1.29, 1.82) is 0 Å². The van der Waals surface area contributed by atoms with Crippen molar-refractivity contribution in [3.8, 4) is 11.5 Å². The number of fused-ring (bicyclic) bond motifs is 2. The minimum Gasteiger partial charge on any atom is -0.504 e. The second-order valence-electron chi connectivity index (χ2n) is 5.41. The molecule has 0 radical (unpaired) electrons. The van der Waals surface area contributed by atoms with E-state index in [-0.39, 0.29) is 11.2 Å². The van der Waals surface area contributed by atoms with Gasteiger partial charge in [0.25, 0.3) is 0 Å². The first-order valence-electron chi connectivity index (χ1n) is 7.72. The summed E-state index contributed by atoms with van der Waals surface area (Å²) in [6, 6.07) is 10.9. The van der Waals surface area contributed by atoms with Gasteiger partial charge in [-0.05, 0) is 30.8 Å². The highest BCUT2D eigenvalue weighted by atomic mass is 16.5. The summed E-state index contributed by atoms with van der Waals surface area (Å²) in [5, 5.41) is 14.5. The van der Waals surface area contributed by atoms with Crippen molar-refractivity contribution in [3.05, 3.63) is 46.6 Å². The van der Waals surface area contributed by atoms with E-state index in [0.29, 0.717) is 35.2 Å². The van der Waals surface area contributed by atoms with Gasteiger partial charge in [-0.25, -0.2) is 0 Å². The van der Waals surface area contributed by atoms with Crippen molar-refractivity contribution in [2.24, 2.45) is 7.05 Å². The van der Waals surface area contributed by atoms with E-state index < -0.39 is 0 Å². The molecule has 1 heterocycles. The molecule has 5 nitrogen and oxygen atoms in total. The number of phenolic OH excluding ortho intramolecular Hbond substituents is 1. The molecule has 2 aromatic carbocycles. The number of rotatable bonds is 5. The number of aromatic nitrogens is 1. The van der Waals surface area contributed by atoms with Crippen LogP contribution in [-0.4, -0.2) is 29.4 Å². The lowest BCUT2D eigenvalue weighted by molar-refractivity contribution is 0.299. The molecule has 0 spiro atoms. The molecular formula is C18H20N2O3. The minimum absolute atomic E-state index is 0.0923. The van der Waals surface area contributed by atoms with Gasteiger partial charge < -0.3 is 19.7 Å². The van der Waals surface area contributed by atoms with Crippen molar-refractivity contribution < 1.29 is 9.84 Å². The fraction of sp³-hybridized carbons (Fsp3) is 0.278. The average molecular weight is 312 g/mol. The predicted octanol–water partition coefficient (Wildman–Crippen LogP) is 2.39. The maximum atomic E-state index is 12.7. The average Bonchev–Trinajstić information content (AvgIpc) is 2.57. The van der Waals surface area contributed by atoms with Crippen LogP contribution >= 0.6 is 0 Å². The van der Waals surface area contributed by atoms with Gasteiger partial charge in [-0.2, -0.15) is 0 Å². The number of benzene rings is 2. The van der Waals surface area contributed by atoms with Gasteiger partial charge in [0.1, 0.15) is 6.61 Å². The smallest absolute Gasteiger partial charge is 0.201 e. The van der Waals surface area contributed by atoms with E-state index in [2.05, 4.69) is 5.32 Å². The number of nitrogens with one attached hydrogen (secondary N) is 1. The number of hydrogen-bond acceptors (Lipinski definition) is 4. The number of phenols is 1. The molecule has 0 bridgehead atoms. The van der Waals surface area contributed by atoms with Gasteiger partial charge in [0.15, 0.2) is 11.5 Å². The Bertz CT molecular complexity index is 915. The summed E-state index contributed by atoms with van der Waals surface area (Å²) in [7, 11) is 1.88. The van der Waals surface area contributed by atoms with E-state index >= 15 is 0 Å². The molecule has 0 amide bonds. The third kappa shape index (κ3) is 2.64. The van der Waals surface area contributed by atoms with Gasteiger partial charge in [-0.1, -0.05) is 19.1 Å². The molecule has 0 saturated carbocycles. The molecule has 0 unspecified atom stereocenters. The van der Waals surface area contributed by atoms with E-state index in [1.165, 1.54) is 0 Å². The van der Waals surface area contributed by atoms with E-state index in [1.54, 1.807) is 12.1 Å². The Morgan fingerprint density at radius 1 is 1.17 bits per heavy atom. The third-order valence-corrected chi connectivity index (χ3v) is 4.00. The van der Waals surface area contributed by atoms with Crippen molar-refractivity contribution in [1.82, 2.24) is 9.88 Å². The summed E-state index contributed by atoms with van der Waals surface area (Å²) < 4.78 is 7.50. The predicted molar refractivity (Wildman–Crippen MR) is 92.4 cm³/mol. The normalized spacial score (nSPS) is 11.2. The van der Waals surface area contributed by atoms with Gasteiger partial charge in [0.2, 0.25) is 5.43 Å². The van der Waals surface area contributed by atoms with E-state index in [0.717, 1.165) is 12.1 Å². The lowest BCUT2D eigenvalue weighted by Gasteiger charge is -2.14. The zero-order valence-electron chi connectivity index (χ0n) is 13.3.